The normalized spacial score (nSPS) is 13.6. The molecule has 30 heavy (non-hydrogen) atoms. The zero-order chi connectivity index (χ0) is 21.5. The highest BCUT2D eigenvalue weighted by Gasteiger charge is 2.37. The largest absolute Gasteiger partial charge is 0.411 e. The number of aromatic amines is 1. The van der Waals surface area contributed by atoms with Gasteiger partial charge in [0, 0.05) is 17.0 Å². The molecule has 4 rings (SSSR count). The van der Waals surface area contributed by atoms with Gasteiger partial charge in [0.05, 0.1) is 40.9 Å². The molecule has 2 aromatic carbocycles. The second-order valence-electron chi connectivity index (χ2n) is 9.38. The highest BCUT2D eigenvalue weighted by Crippen LogP contribution is 2.38. The average molecular weight is 419 g/mol. The third kappa shape index (κ3) is 3.73. The third-order valence-corrected chi connectivity index (χ3v) is 10.7. The number of nitrogen functional groups attached to an aromatic ring is 1. The minimum atomic E-state index is -1.88. The molecule has 0 spiro atoms. The Bertz CT molecular complexity index is 1240. The van der Waals surface area contributed by atoms with Gasteiger partial charge in [0.2, 0.25) is 0 Å². The van der Waals surface area contributed by atoms with Crippen LogP contribution in [0.25, 0.3) is 21.8 Å². The Morgan fingerprint density at radius 2 is 1.87 bits per heavy atom. The summed E-state index contributed by atoms with van der Waals surface area (Å²) in [5, 5.41) is 3.10. The number of benzene rings is 2. The topological polar surface area (TPSA) is 76.3 Å². The van der Waals surface area contributed by atoms with Crippen molar-refractivity contribution in [2.45, 2.75) is 52.1 Å². The number of hydrogen-bond donors (Lipinski definition) is 2. The molecular formula is C24H30N4OSi. The highest BCUT2D eigenvalue weighted by molar-refractivity contribution is 6.74. The molecule has 0 unspecified atom stereocenters. The lowest BCUT2D eigenvalue weighted by Crippen LogP contribution is -2.40. The summed E-state index contributed by atoms with van der Waals surface area (Å²) >= 11 is 0. The summed E-state index contributed by atoms with van der Waals surface area (Å²) in [6, 6.07) is 14.2. The van der Waals surface area contributed by atoms with Crippen LogP contribution in [0.3, 0.4) is 0 Å². The standard InChI is InChI=1S/C24H30N4OSi/c1-24(2,3)30(4,5)29-15-20-17-11-12-26-22-18(25)13-19(23(28-20)21(17)22)27-14-16-9-7-6-8-10-16/h6-13,26H,14-15,25H2,1-5H3. The van der Waals surface area contributed by atoms with E-state index in [-0.39, 0.29) is 5.04 Å². The molecule has 0 saturated carbocycles. The first-order chi connectivity index (χ1) is 14.2. The Morgan fingerprint density at radius 1 is 1.13 bits per heavy atom. The Hall–Kier alpha value is -2.70. The van der Waals surface area contributed by atoms with Crippen LogP contribution in [-0.2, 0) is 17.6 Å². The summed E-state index contributed by atoms with van der Waals surface area (Å²) in [6.45, 7) is 12.4. The summed E-state index contributed by atoms with van der Waals surface area (Å²) in [6.07, 6.45) is 1.92. The zero-order valence-corrected chi connectivity index (χ0v) is 19.4. The fraction of sp³-hybridized carbons (Fsp3) is 0.333. The van der Waals surface area contributed by atoms with E-state index in [0.717, 1.165) is 38.4 Å². The molecule has 0 aliphatic heterocycles. The van der Waals surface area contributed by atoms with Crippen LogP contribution in [-0.4, -0.2) is 18.3 Å². The lowest BCUT2D eigenvalue weighted by Gasteiger charge is -2.36. The average Bonchev–Trinajstić information content (AvgIpc) is 3.08. The Balaban J connectivity index is 1.80. The smallest absolute Gasteiger partial charge is 0.192 e. The van der Waals surface area contributed by atoms with Gasteiger partial charge in [-0.2, -0.15) is 0 Å². The lowest BCUT2D eigenvalue weighted by molar-refractivity contribution is 0.274. The van der Waals surface area contributed by atoms with Crippen LogP contribution in [0.2, 0.25) is 18.1 Å². The SMILES string of the molecule is CC(C)(C)[Si](C)(C)OCc1nc2c(=NCc3ccccc3)cc(N)c3[nH]ccc1c32. The zero-order valence-electron chi connectivity index (χ0n) is 18.4. The maximum absolute atomic E-state index is 6.48. The molecule has 6 heteroatoms. The molecule has 2 aromatic heterocycles. The van der Waals surface area contributed by atoms with E-state index in [0.29, 0.717) is 18.8 Å². The summed E-state index contributed by atoms with van der Waals surface area (Å²) in [7, 11) is -1.88. The number of anilines is 1. The predicted molar refractivity (Wildman–Crippen MR) is 127 cm³/mol. The van der Waals surface area contributed by atoms with Crippen molar-refractivity contribution in [1.29, 1.82) is 0 Å². The molecule has 5 nitrogen and oxygen atoms in total. The summed E-state index contributed by atoms with van der Waals surface area (Å²) in [5.41, 5.74) is 11.0. The maximum atomic E-state index is 6.48. The molecule has 0 aliphatic rings. The molecule has 0 bridgehead atoms. The van der Waals surface area contributed by atoms with Gasteiger partial charge < -0.3 is 15.1 Å². The van der Waals surface area contributed by atoms with Crippen molar-refractivity contribution < 1.29 is 4.43 Å². The van der Waals surface area contributed by atoms with Crippen molar-refractivity contribution in [2.24, 2.45) is 4.99 Å². The minimum absolute atomic E-state index is 0.152. The van der Waals surface area contributed by atoms with Gasteiger partial charge in [0.15, 0.2) is 8.32 Å². The Kier molecular flexibility index (Phi) is 5.16. The molecule has 0 fully saturated rings. The van der Waals surface area contributed by atoms with Crippen LogP contribution in [0.4, 0.5) is 5.69 Å². The first kappa shape index (κ1) is 20.6. The molecule has 0 saturated heterocycles. The van der Waals surface area contributed by atoms with Gasteiger partial charge >= 0.3 is 0 Å². The maximum Gasteiger partial charge on any atom is 0.192 e. The molecule has 4 aromatic rings. The predicted octanol–water partition coefficient (Wildman–Crippen LogP) is 5.36. The fourth-order valence-electron chi connectivity index (χ4n) is 3.39. The molecule has 156 valence electrons. The van der Waals surface area contributed by atoms with Gasteiger partial charge in [-0.15, -0.1) is 0 Å². The van der Waals surface area contributed by atoms with E-state index in [1.54, 1.807) is 0 Å². The molecule has 2 heterocycles. The first-order valence-electron chi connectivity index (χ1n) is 10.4. The monoisotopic (exact) mass is 418 g/mol. The molecule has 3 N–H and O–H groups in total. The summed E-state index contributed by atoms with van der Waals surface area (Å²) < 4.78 is 6.48. The lowest BCUT2D eigenvalue weighted by atomic mass is 10.1. The number of pyridine rings is 1. The van der Waals surface area contributed by atoms with E-state index in [9.17, 15) is 0 Å². The van der Waals surface area contributed by atoms with Crippen LogP contribution in [0.1, 0.15) is 32.0 Å². The highest BCUT2D eigenvalue weighted by atomic mass is 28.4. The number of aromatic nitrogens is 2. The molecular weight excluding hydrogens is 388 g/mol. The second-order valence-corrected chi connectivity index (χ2v) is 14.2. The van der Waals surface area contributed by atoms with Crippen LogP contribution in [0, 0.1) is 0 Å². The minimum Gasteiger partial charge on any atom is -0.411 e. The van der Waals surface area contributed by atoms with Crippen LogP contribution < -0.4 is 11.1 Å². The van der Waals surface area contributed by atoms with Gasteiger partial charge in [0.25, 0.3) is 0 Å². The van der Waals surface area contributed by atoms with E-state index in [1.807, 2.05) is 30.5 Å². The molecule has 0 radical (unpaired) electrons. The van der Waals surface area contributed by atoms with Gasteiger partial charge in [-0.25, -0.2) is 4.98 Å². The van der Waals surface area contributed by atoms with Crippen molar-refractivity contribution >= 4 is 35.8 Å². The van der Waals surface area contributed by atoms with Crippen molar-refractivity contribution in [2.75, 3.05) is 5.73 Å². The molecule has 0 amide bonds. The van der Waals surface area contributed by atoms with Crippen LogP contribution in [0.5, 0.6) is 0 Å². The summed E-state index contributed by atoms with van der Waals surface area (Å²) in [5.74, 6) is 0. The van der Waals surface area contributed by atoms with Gasteiger partial charge in [-0.3, -0.25) is 4.99 Å². The molecule has 0 aliphatic carbocycles. The summed E-state index contributed by atoms with van der Waals surface area (Å²) in [4.78, 5) is 13.1. The number of rotatable bonds is 5. The van der Waals surface area contributed by atoms with Gasteiger partial charge in [-0.1, -0.05) is 51.1 Å². The van der Waals surface area contributed by atoms with Gasteiger partial charge in [0.1, 0.15) is 0 Å². The second kappa shape index (κ2) is 7.52. The quantitative estimate of drug-likeness (QED) is 0.338. The number of H-pyrrole nitrogens is 1. The van der Waals surface area contributed by atoms with E-state index in [1.165, 1.54) is 0 Å². The van der Waals surface area contributed by atoms with E-state index >= 15 is 0 Å². The number of nitrogens with one attached hydrogen (secondary N) is 1. The fourth-order valence-corrected chi connectivity index (χ4v) is 4.32. The number of nitrogens with zero attached hydrogens (tertiary/aromatic N) is 2. The van der Waals surface area contributed by atoms with Crippen molar-refractivity contribution in [3.05, 3.63) is 65.3 Å². The number of hydrogen-bond acceptors (Lipinski definition) is 4. The van der Waals surface area contributed by atoms with Gasteiger partial charge in [-0.05, 0) is 35.8 Å². The van der Waals surface area contributed by atoms with E-state index < -0.39 is 8.32 Å². The molecule has 0 atom stereocenters. The van der Waals surface area contributed by atoms with Crippen LogP contribution in [0.15, 0.2) is 53.7 Å². The van der Waals surface area contributed by atoms with Crippen molar-refractivity contribution in [3.63, 3.8) is 0 Å². The van der Waals surface area contributed by atoms with E-state index in [4.69, 9.17) is 20.1 Å². The van der Waals surface area contributed by atoms with E-state index in [2.05, 4.69) is 57.0 Å². The van der Waals surface area contributed by atoms with Crippen molar-refractivity contribution in [1.82, 2.24) is 9.97 Å². The van der Waals surface area contributed by atoms with Crippen molar-refractivity contribution in [3.8, 4) is 0 Å². The first-order valence-corrected chi connectivity index (χ1v) is 13.3. The third-order valence-electron chi connectivity index (χ3n) is 6.27. The number of nitrogens with two attached hydrogens (primary N) is 1. The van der Waals surface area contributed by atoms with Crippen LogP contribution >= 0.6 is 0 Å². The Labute approximate surface area is 178 Å². The Morgan fingerprint density at radius 3 is 2.57 bits per heavy atom.